The first-order valence-corrected chi connectivity index (χ1v) is 7.35. The van der Waals surface area contributed by atoms with Crippen molar-refractivity contribution in [1.29, 1.82) is 0 Å². The van der Waals surface area contributed by atoms with Crippen molar-refractivity contribution in [3.05, 3.63) is 29.8 Å². The van der Waals surface area contributed by atoms with Crippen molar-refractivity contribution >= 4 is 5.96 Å². The Morgan fingerprint density at radius 1 is 1.50 bits per heavy atom. The summed E-state index contributed by atoms with van der Waals surface area (Å²) in [6, 6.07) is 6.76. The second kappa shape index (κ2) is 6.51. The Morgan fingerprint density at radius 2 is 2.23 bits per heavy atom. The molecular weight excluding hydrogens is 284 g/mol. The molecule has 1 aliphatic heterocycles. The minimum atomic E-state index is -0.942. The fourth-order valence-electron chi connectivity index (χ4n) is 2.71. The van der Waals surface area contributed by atoms with Gasteiger partial charge in [-0.25, -0.2) is 4.99 Å². The molecule has 22 heavy (non-hydrogen) atoms. The van der Waals surface area contributed by atoms with Crippen LogP contribution in [0.3, 0.4) is 0 Å². The minimum Gasteiger partial charge on any atom is -0.508 e. The van der Waals surface area contributed by atoms with Gasteiger partial charge >= 0.3 is 0 Å². The van der Waals surface area contributed by atoms with E-state index in [4.69, 9.17) is 5.73 Å². The van der Waals surface area contributed by atoms with Gasteiger partial charge in [0.2, 0.25) is 0 Å². The largest absolute Gasteiger partial charge is 0.508 e. The number of guanidine groups is 1. The fourth-order valence-corrected chi connectivity index (χ4v) is 2.71. The van der Waals surface area contributed by atoms with Crippen molar-refractivity contribution in [2.45, 2.75) is 44.8 Å². The minimum absolute atomic E-state index is 0.159. The third-order valence-corrected chi connectivity index (χ3v) is 3.83. The van der Waals surface area contributed by atoms with Gasteiger partial charge < -0.3 is 26.0 Å². The molecule has 7 heteroatoms. The third-order valence-electron chi connectivity index (χ3n) is 3.83. The summed E-state index contributed by atoms with van der Waals surface area (Å²) in [5, 5.41) is 32.9. The molecule has 0 bridgehead atoms. The predicted molar refractivity (Wildman–Crippen MR) is 84.0 cm³/mol. The summed E-state index contributed by atoms with van der Waals surface area (Å²) in [6.45, 7) is 4.60. The molecule has 0 saturated carbocycles. The molecule has 0 aliphatic carbocycles. The van der Waals surface area contributed by atoms with Crippen molar-refractivity contribution in [3.63, 3.8) is 0 Å². The maximum Gasteiger partial charge on any atom is 0.194 e. The quantitative estimate of drug-likeness (QED) is 0.470. The highest BCUT2D eigenvalue weighted by Gasteiger charge is 2.44. The SMILES string of the molecule is CCNC(O)CC1(C)N=C(N)N(Cc2cccc(O)c2)C1O. The molecule has 0 aromatic heterocycles. The number of aliphatic hydroxyl groups is 2. The second-order valence-electron chi connectivity index (χ2n) is 5.78. The topological polar surface area (TPSA) is 114 Å². The highest BCUT2D eigenvalue weighted by molar-refractivity contribution is 5.81. The van der Waals surface area contributed by atoms with Crippen LogP contribution in [-0.2, 0) is 6.54 Å². The first kappa shape index (κ1) is 16.5. The molecule has 0 spiro atoms. The number of phenols is 1. The van der Waals surface area contributed by atoms with Crippen LogP contribution in [0.1, 0.15) is 25.8 Å². The molecule has 1 aromatic rings. The number of nitrogens with two attached hydrogens (primary N) is 1. The Kier molecular flexibility index (Phi) is 4.90. The number of aliphatic imine (C=N–C) groups is 1. The van der Waals surface area contributed by atoms with Crippen molar-refractivity contribution in [2.24, 2.45) is 10.7 Å². The summed E-state index contributed by atoms with van der Waals surface area (Å²) in [5.41, 5.74) is 5.86. The van der Waals surface area contributed by atoms with Gasteiger partial charge in [0.25, 0.3) is 0 Å². The highest BCUT2D eigenvalue weighted by atomic mass is 16.3. The molecule has 6 N–H and O–H groups in total. The van der Waals surface area contributed by atoms with Crippen LogP contribution < -0.4 is 11.1 Å². The van der Waals surface area contributed by atoms with Crippen LogP contribution in [0.5, 0.6) is 5.75 Å². The van der Waals surface area contributed by atoms with Gasteiger partial charge in [-0.05, 0) is 31.2 Å². The molecule has 3 atom stereocenters. The van der Waals surface area contributed by atoms with Crippen LogP contribution in [0.15, 0.2) is 29.3 Å². The van der Waals surface area contributed by atoms with E-state index in [0.717, 1.165) is 5.56 Å². The lowest BCUT2D eigenvalue weighted by Crippen LogP contribution is -2.49. The van der Waals surface area contributed by atoms with E-state index in [2.05, 4.69) is 10.3 Å². The van der Waals surface area contributed by atoms with E-state index in [0.29, 0.717) is 13.1 Å². The lowest BCUT2D eigenvalue weighted by molar-refractivity contribution is -0.0169. The zero-order chi connectivity index (χ0) is 16.3. The molecule has 7 nitrogen and oxygen atoms in total. The van der Waals surface area contributed by atoms with E-state index in [1.54, 1.807) is 30.0 Å². The Labute approximate surface area is 130 Å². The Balaban J connectivity index is 2.11. The first-order valence-electron chi connectivity index (χ1n) is 7.35. The molecule has 0 fully saturated rings. The fraction of sp³-hybridized carbons (Fsp3) is 0.533. The molecular formula is C15H24N4O3. The van der Waals surface area contributed by atoms with Crippen LogP contribution in [0, 0.1) is 0 Å². The van der Waals surface area contributed by atoms with E-state index >= 15 is 0 Å². The number of aliphatic hydroxyl groups excluding tert-OH is 2. The summed E-state index contributed by atoms with van der Waals surface area (Å²) in [6.07, 6.45) is -1.45. The van der Waals surface area contributed by atoms with Gasteiger partial charge in [-0.2, -0.15) is 0 Å². The average Bonchev–Trinajstić information content (AvgIpc) is 2.62. The molecule has 122 valence electrons. The van der Waals surface area contributed by atoms with Crippen LogP contribution >= 0.6 is 0 Å². The molecule has 2 rings (SSSR count). The third kappa shape index (κ3) is 3.49. The number of nitrogens with one attached hydrogen (secondary N) is 1. The van der Waals surface area contributed by atoms with E-state index < -0.39 is 18.0 Å². The predicted octanol–water partition coefficient (Wildman–Crippen LogP) is -0.0824. The van der Waals surface area contributed by atoms with Crippen molar-refractivity contribution in [2.75, 3.05) is 6.54 Å². The van der Waals surface area contributed by atoms with Crippen LogP contribution in [0.2, 0.25) is 0 Å². The van der Waals surface area contributed by atoms with Crippen molar-refractivity contribution in [1.82, 2.24) is 10.2 Å². The molecule has 0 amide bonds. The Hall–Kier alpha value is -1.83. The van der Waals surface area contributed by atoms with Crippen molar-refractivity contribution in [3.8, 4) is 5.75 Å². The van der Waals surface area contributed by atoms with Gasteiger partial charge in [0, 0.05) is 13.0 Å². The number of rotatable bonds is 6. The molecule has 1 aromatic carbocycles. The molecule has 1 heterocycles. The van der Waals surface area contributed by atoms with Gasteiger partial charge in [-0.1, -0.05) is 19.1 Å². The summed E-state index contributed by atoms with van der Waals surface area (Å²) in [5.74, 6) is 0.383. The zero-order valence-electron chi connectivity index (χ0n) is 12.9. The number of phenolic OH excluding ortho intramolecular Hbond substituents is 1. The smallest absolute Gasteiger partial charge is 0.194 e. The zero-order valence-corrected chi connectivity index (χ0v) is 12.9. The monoisotopic (exact) mass is 308 g/mol. The summed E-state index contributed by atoms with van der Waals surface area (Å²) in [4.78, 5) is 5.89. The van der Waals surface area contributed by atoms with Gasteiger partial charge in [0.1, 0.15) is 17.5 Å². The lowest BCUT2D eigenvalue weighted by atomic mass is 9.95. The van der Waals surface area contributed by atoms with Gasteiger partial charge in [-0.3, -0.25) is 5.32 Å². The lowest BCUT2D eigenvalue weighted by Gasteiger charge is -2.32. The molecule has 0 saturated heterocycles. The molecule has 1 aliphatic rings. The van der Waals surface area contributed by atoms with E-state index in [-0.39, 0.29) is 18.1 Å². The summed E-state index contributed by atoms with van der Waals surface area (Å²) >= 11 is 0. The van der Waals surface area contributed by atoms with Crippen LogP contribution in [0.4, 0.5) is 0 Å². The van der Waals surface area contributed by atoms with Crippen molar-refractivity contribution < 1.29 is 15.3 Å². The molecule has 3 unspecified atom stereocenters. The first-order chi connectivity index (χ1) is 10.4. The van der Waals surface area contributed by atoms with Gasteiger partial charge in [0.15, 0.2) is 12.2 Å². The Bertz CT molecular complexity index is 551. The van der Waals surface area contributed by atoms with Crippen LogP contribution in [-0.4, -0.2) is 50.7 Å². The summed E-state index contributed by atoms with van der Waals surface area (Å²) in [7, 11) is 0. The maximum absolute atomic E-state index is 10.6. The van der Waals surface area contributed by atoms with E-state index in [1.807, 2.05) is 13.0 Å². The second-order valence-corrected chi connectivity index (χ2v) is 5.78. The van der Waals surface area contributed by atoms with E-state index in [1.165, 1.54) is 0 Å². The number of hydrogen-bond acceptors (Lipinski definition) is 7. The molecule has 0 radical (unpaired) electrons. The number of benzene rings is 1. The standard InChI is InChI=1S/C15H24N4O3/c1-3-17-12(21)8-15(2)13(22)19(14(16)18-15)9-10-5-4-6-11(20)7-10/h4-7,12-13,17,20-22H,3,8-9H2,1-2H3,(H2,16,18). The van der Waals surface area contributed by atoms with Crippen LogP contribution in [0.25, 0.3) is 0 Å². The Morgan fingerprint density at radius 3 is 2.86 bits per heavy atom. The normalized spacial score (nSPS) is 26.1. The maximum atomic E-state index is 10.6. The summed E-state index contributed by atoms with van der Waals surface area (Å²) < 4.78 is 0. The van der Waals surface area contributed by atoms with E-state index in [9.17, 15) is 15.3 Å². The number of hydrogen-bond donors (Lipinski definition) is 5. The number of aromatic hydroxyl groups is 1. The highest BCUT2D eigenvalue weighted by Crippen LogP contribution is 2.31. The van der Waals surface area contributed by atoms with Gasteiger partial charge in [0.05, 0.1) is 0 Å². The number of nitrogens with zero attached hydrogens (tertiary/aromatic N) is 2. The average molecular weight is 308 g/mol. The van der Waals surface area contributed by atoms with Gasteiger partial charge in [-0.15, -0.1) is 0 Å².